The van der Waals surface area contributed by atoms with Crippen molar-refractivity contribution < 1.29 is 0 Å². The molecule has 3 aliphatic heterocycles. The lowest BCUT2D eigenvalue weighted by atomic mass is 9.91. The van der Waals surface area contributed by atoms with E-state index in [9.17, 15) is 0 Å². The Morgan fingerprint density at radius 3 is 2.16 bits per heavy atom. The van der Waals surface area contributed by atoms with E-state index >= 15 is 0 Å². The summed E-state index contributed by atoms with van der Waals surface area (Å²) in [4.78, 5) is 5.48. The highest BCUT2D eigenvalue weighted by molar-refractivity contribution is 4.97. The summed E-state index contributed by atoms with van der Waals surface area (Å²) in [5, 5.41) is 3.52. The van der Waals surface area contributed by atoms with Crippen molar-refractivity contribution in [3.8, 4) is 0 Å². The van der Waals surface area contributed by atoms with Gasteiger partial charge >= 0.3 is 0 Å². The summed E-state index contributed by atoms with van der Waals surface area (Å²) in [6.07, 6.45) is 8.60. The highest BCUT2D eigenvalue weighted by atomic mass is 15.2. The molecular formula is C16H31N3. The highest BCUT2D eigenvalue weighted by Crippen LogP contribution is 2.37. The molecule has 2 atom stereocenters. The number of likely N-dealkylation sites (tertiary alicyclic amines) is 1. The molecule has 1 N–H and O–H groups in total. The zero-order valence-electron chi connectivity index (χ0n) is 12.8. The first-order valence-electron chi connectivity index (χ1n) is 8.44. The van der Waals surface area contributed by atoms with Crippen LogP contribution in [-0.4, -0.2) is 61.2 Å². The zero-order chi connectivity index (χ0) is 13.2. The molecule has 0 aliphatic carbocycles. The molecule has 110 valence electrons. The second-order valence-electron chi connectivity index (χ2n) is 6.96. The lowest BCUT2D eigenvalue weighted by Gasteiger charge is -2.44. The summed E-state index contributed by atoms with van der Waals surface area (Å²) in [6.45, 7) is 7.28. The predicted octanol–water partition coefficient (Wildman–Crippen LogP) is 1.93. The van der Waals surface area contributed by atoms with Gasteiger partial charge in [-0.15, -0.1) is 0 Å². The molecule has 3 nitrogen and oxygen atoms in total. The molecule has 3 aliphatic rings. The quantitative estimate of drug-likeness (QED) is 0.838. The number of rotatable bonds is 4. The molecule has 0 radical (unpaired) electrons. The van der Waals surface area contributed by atoms with Crippen LogP contribution in [-0.2, 0) is 0 Å². The molecule has 2 unspecified atom stereocenters. The molecule has 3 fully saturated rings. The Morgan fingerprint density at radius 1 is 0.947 bits per heavy atom. The molecule has 19 heavy (non-hydrogen) atoms. The molecule has 0 amide bonds. The second-order valence-corrected chi connectivity index (χ2v) is 6.96. The second kappa shape index (κ2) is 6.11. The fourth-order valence-corrected chi connectivity index (χ4v) is 4.55. The van der Waals surface area contributed by atoms with Gasteiger partial charge in [-0.3, -0.25) is 0 Å². The van der Waals surface area contributed by atoms with Crippen molar-refractivity contribution in [2.75, 3.05) is 33.2 Å². The molecule has 3 rings (SSSR count). The third-order valence-corrected chi connectivity index (χ3v) is 5.92. The van der Waals surface area contributed by atoms with E-state index in [1.54, 1.807) is 0 Å². The first-order chi connectivity index (χ1) is 9.28. The highest BCUT2D eigenvalue weighted by Gasteiger charge is 2.40. The Labute approximate surface area is 118 Å². The fourth-order valence-electron chi connectivity index (χ4n) is 4.55. The maximum absolute atomic E-state index is 3.52. The average molecular weight is 265 g/mol. The summed E-state index contributed by atoms with van der Waals surface area (Å²) >= 11 is 0. The number of fused-ring (bicyclic) bond motifs is 2. The first-order valence-corrected chi connectivity index (χ1v) is 8.44. The van der Waals surface area contributed by atoms with E-state index in [4.69, 9.17) is 0 Å². The minimum absolute atomic E-state index is 0.892. The molecule has 0 spiro atoms. The van der Waals surface area contributed by atoms with Crippen LogP contribution >= 0.6 is 0 Å². The molecule has 2 bridgehead atoms. The standard InChI is InChI=1S/C16H31N3/c1-3-17-12-13-6-8-19(9-7-13)16-10-14-4-5-15(11-16)18(14)2/h13-17H,3-12H2,1-2H3. The van der Waals surface area contributed by atoms with Crippen LogP contribution in [0.25, 0.3) is 0 Å². The van der Waals surface area contributed by atoms with Crippen LogP contribution in [0, 0.1) is 5.92 Å². The Balaban J connectivity index is 1.47. The third kappa shape index (κ3) is 2.98. The van der Waals surface area contributed by atoms with E-state index < -0.39 is 0 Å². The first kappa shape index (κ1) is 13.8. The largest absolute Gasteiger partial charge is 0.317 e. The number of hydrogen-bond acceptors (Lipinski definition) is 3. The van der Waals surface area contributed by atoms with Gasteiger partial charge in [0.15, 0.2) is 0 Å². The lowest BCUT2D eigenvalue weighted by molar-refractivity contribution is 0.0531. The summed E-state index contributed by atoms with van der Waals surface area (Å²) < 4.78 is 0. The van der Waals surface area contributed by atoms with Crippen molar-refractivity contribution in [1.82, 2.24) is 15.1 Å². The van der Waals surface area contributed by atoms with Crippen LogP contribution in [0.1, 0.15) is 45.4 Å². The van der Waals surface area contributed by atoms with Crippen molar-refractivity contribution >= 4 is 0 Å². The van der Waals surface area contributed by atoms with Gasteiger partial charge in [0.1, 0.15) is 0 Å². The Kier molecular flexibility index (Phi) is 4.45. The van der Waals surface area contributed by atoms with Crippen molar-refractivity contribution in [2.45, 2.75) is 63.6 Å². The van der Waals surface area contributed by atoms with E-state index in [0.717, 1.165) is 30.6 Å². The van der Waals surface area contributed by atoms with Crippen LogP contribution in [0.3, 0.4) is 0 Å². The fraction of sp³-hybridized carbons (Fsp3) is 1.00. The zero-order valence-corrected chi connectivity index (χ0v) is 12.8. The van der Waals surface area contributed by atoms with Gasteiger partial charge in [-0.1, -0.05) is 6.92 Å². The van der Waals surface area contributed by atoms with E-state index in [2.05, 4.69) is 29.1 Å². The molecule has 3 saturated heterocycles. The molecular weight excluding hydrogens is 234 g/mol. The van der Waals surface area contributed by atoms with Crippen molar-refractivity contribution in [3.05, 3.63) is 0 Å². The maximum Gasteiger partial charge on any atom is 0.0125 e. The molecule has 3 heteroatoms. The van der Waals surface area contributed by atoms with Gasteiger partial charge in [-0.05, 0) is 77.7 Å². The molecule has 0 saturated carbocycles. The van der Waals surface area contributed by atoms with Crippen LogP contribution in [0.4, 0.5) is 0 Å². The number of piperidine rings is 2. The van der Waals surface area contributed by atoms with Crippen LogP contribution in [0.15, 0.2) is 0 Å². The SMILES string of the molecule is CCNCC1CCN(C2CC3CCC(C2)N3C)CC1. The number of nitrogens with one attached hydrogen (secondary N) is 1. The van der Waals surface area contributed by atoms with Gasteiger partial charge in [0, 0.05) is 18.1 Å². The molecule has 0 aromatic heterocycles. The molecule has 0 aromatic carbocycles. The normalized spacial score (nSPS) is 37.9. The predicted molar refractivity (Wildman–Crippen MR) is 80.4 cm³/mol. The number of hydrogen-bond donors (Lipinski definition) is 1. The van der Waals surface area contributed by atoms with Crippen LogP contribution in [0.2, 0.25) is 0 Å². The third-order valence-electron chi connectivity index (χ3n) is 5.92. The van der Waals surface area contributed by atoms with E-state index in [0.29, 0.717) is 0 Å². The summed E-state index contributed by atoms with van der Waals surface area (Å²) in [6, 6.07) is 2.68. The van der Waals surface area contributed by atoms with Crippen molar-refractivity contribution in [1.29, 1.82) is 0 Å². The van der Waals surface area contributed by atoms with E-state index in [1.165, 1.54) is 58.2 Å². The van der Waals surface area contributed by atoms with Gasteiger partial charge in [-0.2, -0.15) is 0 Å². The van der Waals surface area contributed by atoms with Crippen molar-refractivity contribution in [2.24, 2.45) is 5.92 Å². The van der Waals surface area contributed by atoms with Gasteiger partial charge in [-0.25, -0.2) is 0 Å². The topological polar surface area (TPSA) is 18.5 Å². The monoisotopic (exact) mass is 265 g/mol. The molecule has 0 aromatic rings. The van der Waals surface area contributed by atoms with Gasteiger partial charge in [0.25, 0.3) is 0 Å². The lowest BCUT2D eigenvalue weighted by Crippen LogP contribution is -2.51. The van der Waals surface area contributed by atoms with Crippen LogP contribution in [0.5, 0.6) is 0 Å². The summed E-state index contributed by atoms with van der Waals surface area (Å²) in [7, 11) is 2.35. The number of nitrogens with zero attached hydrogens (tertiary/aromatic N) is 2. The van der Waals surface area contributed by atoms with Gasteiger partial charge in [0.2, 0.25) is 0 Å². The van der Waals surface area contributed by atoms with E-state index in [1.807, 2.05) is 0 Å². The molecule has 3 heterocycles. The minimum atomic E-state index is 0.892. The minimum Gasteiger partial charge on any atom is -0.317 e. The summed E-state index contributed by atoms with van der Waals surface area (Å²) in [5.74, 6) is 0.930. The van der Waals surface area contributed by atoms with Crippen molar-refractivity contribution in [3.63, 3.8) is 0 Å². The Hall–Kier alpha value is -0.120. The maximum atomic E-state index is 3.52. The average Bonchev–Trinajstić information content (AvgIpc) is 2.68. The van der Waals surface area contributed by atoms with Gasteiger partial charge in [0.05, 0.1) is 0 Å². The van der Waals surface area contributed by atoms with E-state index in [-0.39, 0.29) is 0 Å². The van der Waals surface area contributed by atoms with Crippen LogP contribution < -0.4 is 5.32 Å². The Morgan fingerprint density at radius 2 is 1.58 bits per heavy atom. The summed E-state index contributed by atoms with van der Waals surface area (Å²) in [5.41, 5.74) is 0. The Bertz CT molecular complexity index is 272. The smallest absolute Gasteiger partial charge is 0.0125 e. The van der Waals surface area contributed by atoms with Gasteiger partial charge < -0.3 is 15.1 Å².